The van der Waals surface area contributed by atoms with Crippen molar-refractivity contribution < 1.29 is 4.79 Å². The maximum absolute atomic E-state index is 12.3. The van der Waals surface area contributed by atoms with E-state index >= 15 is 0 Å². The third-order valence-electron chi connectivity index (χ3n) is 7.36. The molecule has 2 N–H and O–H groups in total. The normalized spacial score (nSPS) is 16.9. The summed E-state index contributed by atoms with van der Waals surface area (Å²) in [5, 5.41) is 7.49. The third kappa shape index (κ3) is 5.23. The Morgan fingerprint density at radius 2 is 1.73 bits per heavy atom. The Morgan fingerprint density at radius 3 is 2.35 bits per heavy atom. The Kier molecular flexibility index (Phi) is 7.71. The molecule has 2 aromatic carbocycles. The second-order valence-corrected chi connectivity index (χ2v) is 11.6. The van der Waals surface area contributed by atoms with Crippen molar-refractivity contribution in [1.29, 1.82) is 0 Å². The molecule has 0 saturated carbocycles. The molecule has 5 rings (SSSR count). The van der Waals surface area contributed by atoms with Crippen molar-refractivity contribution in [3.63, 3.8) is 0 Å². The molecule has 6 nitrogen and oxygen atoms in total. The van der Waals surface area contributed by atoms with Gasteiger partial charge < -0.3 is 20.1 Å². The summed E-state index contributed by atoms with van der Waals surface area (Å²) < 4.78 is 2.31. The number of hydrogen-bond donors (Lipinski definition) is 2. The molecule has 0 spiro atoms. The molecule has 0 unspecified atom stereocenters. The number of halogens is 1. The lowest BCUT2D eigenvalue weighted by Gasteiger charge is -2.28. The maximum Gasteiger partial charge on any atom is 0.226 e. The molecule has 0 bridgehead atoms. The van der Waals surface area contributed by atoms with Crippen molar-refractivity contribution in [3.05, 3.63) is 106 Å². The Balaban J connectivity index is 1.63. The van der Waals surface area contributed by atoms with Crippen LogP contribution in [0.1, 0.15) is 59.7 Å². The van der Waals surface area contributed by atoms with E-state index in [2.05, 4.69) is 72.1 Å². The molecule has 40 heavy (non-hydrogen) atoms. The quantitative estimate of drug-likeness (QED) is 0.234. The first-order chi connectivity index (χ1) is 19.0. The highest BCUT2D eigenvalue weighted by atomic mass is 35.5. The monoisotopic (exact) mass is 571 g/mol. The minimum absolute atomic E-state index is 0.0834. The fraction of sp³-hybridized carbons (Fsp3) is 0.281. The van der Waals surface area contributed by atoms with Crippen molar-refractivity contribution in [2.75, 3.05) is 10.2 Å². The van der Waals surface area contributed by atoms with Gasteiger partial charge in [0, 0.05) is 34.9 Å². The molecular weight excluding hydrogens is 538 g/mol. The standard InChI is InChI=1S/C32H34ClN5OS/c1-18(2)31(39)35-27-11-10-23(17-26(27)33)38-30(29(36-32(38)40)28-9-7-8-12-34-28)25-16-21(5)37(22(25)6)24-14-19(3)13-20(4)15-24/h7-18,29-30H,1-6H3,(H,35,39)(H,36,40)/t29-,30+/m0/s1. The minimum atomic E-state index is -0.180. The molecule has 8 heteroatoms. The number of hydrogen-bond acceptors (Lipinski definition) is 3. The summed E-state index contributed by atoms with van der Waals surface area (Å²) in [6.45, 7) is 12.2. The fourth-order valence-corrected chi connectivity index (χ4v) is 6.11. The molecule has 1 aliphatic rings. The van der Waals surface area contributed by atoms with E-state index in [1.165, 1.54) is 11.1 Å². The number of carbonyl (C=O) groups excluding carboxylic acids is 1. The van der Waals surface area contributed by atoms with Crippen LogP contribution in [0.5, 0.6) is 0 Å². The number of thiocarbonyl (C=S) groups is 1. The highest BCUT2D eigenvalue weighted by Gasteiger charge is 2.42. The van der Waals surface area contributed by atoms with Gasteiger partial charge in [0.1, 0.15) is 0 Å². The Hall–Kier alpha value is -3.68. The molecule has 1 aliphatic heterocycles. The predicted molar refractivity (Wildman–Crippen MR) is 168 cm³/mol. The SMILES string of the molecule is Cc1cc(C)cc(-n2c(C)cc([C@@H]3[C@H](c4ccccn4)NC(=S)N3c3ccc(NC(=O)C(C)C)c(Cl)c3)c2C)c1. The minimum Gasteiger partial charge on any atom is -0.351 e. The first-order valence-corrected chi connectivity index (χ1v) is 14.2. The first-order valence-electron chi connectivity index (χ1n) is 13.4. The van der Waals surface area contributed by atoms with Gasteiger partial charge in [0.15, 0.2) is 5.11 Å². The summed E-state index contributed by atoms with van der Waals surface area (Å²) in [6, 6.07) is 20.1. The molecule has 0 radical (unpaired) electrons. The average Bonchev–Trinajstić information content (AvgIpc) is 3.39. The second-order valence-electron chi connectivity index (χ2n) is 10.8. The summed E-state index contributed by atoms with van der Waals surface area (Å²) in [7, 11) is 0. The van der Waals surface area contributed by atoms with E-state index < -0.39 is 0 Å². The van der Waals surface area contributed by atoms with Gasteiger partial charge in [-0.1, -0.05) is 37.6 Å². The van der Waals surface area contributed by atoms with Crippen LogP contribution in [-0.4, -0.2) is 20.6 Å². The number of aromatic nitrogens is 2. The van der Waals surface area contributed by atoms with Gasteiger partial charge in [-0.05, 0) is 105 Å². The lowest BCUT2D eigenvalue weighted by molar-refractivity contribution is -0.118. The molecular formula is C32H34ClN5OS. The number of benzene rings is 2. The van der Waals surface area contributed by atoms with Gasteiger partial charge in [0.2, 0.25) is 5.91 Å². The van der Waals surface area contributed by atoms with Gasteiger partial charge in [0.25, 0.3) is 0 Å². The summed E-state index contributed by atoms with van der Waals surface area (Å²) in [6.07, 6.45) is 1.81. The summed E-state index contributed by atoms with van der Waals surface area (Å²) >= 11 is 12.6. The third-order valence-corrected chi connectivity index (χ3v) is 7.99. The highest BCUT2D eigenvalue weighted by molar-refractivity contribution is 7.80. The molecule has 1 saturated heterocycles. The van der Waals surface area contributed by atoms with E-state index in [0.717, 1.165) is 34.0 Å². The van der Waals surface area contributed by atoms with Gasteiger partial charge in [-0.15, -0.1) is 0 Å². The maximum atomic E-state index is 12.3. The van der Waals surface area contributed by atoms with E-state index in [9.17, 15) is 4.79 Å². The van der Waals surface area contributed by atoms with Gasteiger partial charge >= 0.3 is 0 Å². The van der Waals surface area contributed by atoms with Crippen molar-refractivity contribution in [2.24, 2.45) is 5.92 Å². The largest absolute Gasteiger partial charge is 0.351 e. The molecule has 2 atom stereocenters. The van der Waals surface area contributed by atoms with E-state index in [0.29, 0.717) is 15.8 Å². The van der Waals surface area contributed by atoms with E-state index in [1.807, 2.05) is 56.4 Å². The zero-order valence-corrected chi connectivity index (χ0v) is 25.2. The van der Waals surface area contributed by atoms with Crippen molar-refractivity contribution in [2.45, 2.75) is 53.6 Å². The fourth-order valence-electron chi connectivity index (χ4n) is 5.55. The first kappa shape index (κ1) is 27.9. The van der Waals surface area contributed by atoms with Crippen LogP contribution in [0, 0.1) is 33.6 Å². The van der Waals surface area contributed by atoms with E-state index in [-0.39, 0.29) is 23.9 Å². The van der Waals surface area contributed by atoms with Gasteiger partial charge in [0.05, 0.1) is 28.5 Å². The second kappa shape index (κ2) is 11.1. The molecule has 1 amide bonds. The molecule has 206 valence electrons. The molecule has 0 aliphatic carbocycles. The average molecular weight is 572 g/mol. The number of carbonyl (C=O) groups is 1. The summed E-state index contributed by atoms with van der Waals surface area (Å²) in [4.78, 5) is 19.1. The van der Waals surface area contributed by atoms with E-state index in [1.54, 1.807) is 0 Å². The van der Waals surface area contributed by atoms with Gasteiger partial charge in [-0.25, -0.2) is 0 Å². The van der Waals surface area contributed by atoms with E-state index in [4.69, 9.17) is 28.8 Å². The molecule has 4 aromatic rings. The van der Waals surface area contributed by atoms with Gasteiger partial charge in [-0.2, -0.15) is 0 Å². The Labute approximate surface area is 246 Å². The van der Waals surface area contributed by atoms with Crippen LogP contribution in [0.4, 0.5) is 11.4 Å². The van der Waals surface area contributed by atoms with Crippen LogP contribution in [0.25, 0.3) is 5.69 Å². The van der Waals surface area contributed by atoms with Crippen LogP contribution >= 0.6 is 23.8 Å². The summed E-state index contributed by atoms with van der Waals surface area (Å²) in [5.74, 6) is -0.234. The molecule has 3 heterocycles. The zero-order valence-electron chi connectivity index (χ0n) is 23.6. The molecule has 1 fully saturated rings. The van der Waals surface area contributed by atoms with Crippen LogP contribution in [0.15, 0.2) is 66.9 Å². The highest BCUT2D eigenvalue weighted by Crippen LogP contribution is 2.44. The Bertz CT molecular complexity index is 1580. The number of aryl methyl sites for hydroxylation is 3. The smallest absolute Gasteiger partial charge is 0.226 e. The number of pyridine rings is 1. The van der Waals surface area contributed by atoms with Crippen LogP contribution in [0.3, 0.4) is 0 Å². The zero-order chi connectivity index (χ0) is 28.7. The van der Waals surface area contributed by atoms with Crippen molar-refractivity contribution in [1.82, 2.24) is 14.9 Å². The number of nitrogens with zero attached hydrogens (tertiary/aromatic N) is 3. The topological polar surface area (TPSA) is 62.2 Å². The number of nitrogens with one attached hydrogen (secondary N) is 2. The van der Waals surface area contributed by atoms with Crippen LogP contribution in [-0.2, 0) is 4.79 Å². The van der Waals surface area contributed by atoms with Gasteiger partial charge in [-0.3, -0.25) is 9.78 Å². The summed E-state index contributed by atoms with van der Waals surface area (Å²) in [5.41, 5.74) is 9.32. The predicted octanol–water partition coefficient (Wildman–Crippen LogP) is 7.53. The number of anilines is 2. The number of rotatable bonds is 6. The van der Waals surface area contributed by atoms with Crippen molar-refractivity contribution >= 4 is 46.2 Å². The van der Waals surface area contributed by atoms with Crippen LogP contribution < -0.4 is 15.5 Å². The lowest BCUT2D eigenvalue weighted by Crippen LogP contribution is -2.29. The van der Waals surface area contributed by atoms with Crippen molar-refractivity contribution in [3.8, 4) is 5.69 Å². The Morgan fingerprint density at radius 1 is 1.00 bits per heavy atom. The molecule has 2 aromatic heterocycles. The lowest BCUT2D eigenvalue weighted by atomic mass is 9.96. The van der Waals surface area contributed by atoms with Crippen LogP contribution in [0.2, 0.25) is 5.02 Å². The number of amides is 1.